The Labute approximate surface area is 194 Å². The summed E-state index contributed by atoms with van der Waals surface area (Å²) >= 11 is 0. The third-order valence-corrected chi connectivity index (χ3v) is 5.35. The highest BCUT2D eigenvalue weighted by Crippen LogP contribution is 2.25. The number of rotatable bonds is 8. The number of hydrogen-bond acceptors (Lipinski definition) is 7. The van der Waals surface area contributed by atoms with Crippen molar-refractivity contribution in [3.05, 3.63) is 75.7 Å². The Morgan fingerprint density at radius 2 is 1.94 bits per heavy atom. The molecule has 34 heavy (non-hydrogen) atoms. The van der Waals surface area contributed by atoms with Gasteiger partial charge in [0.15, 0.2) is 5.82 Å². The summed E-state index contributed by atoms with van der Waals surface area (Å²) in [7, 11) is 0. The van der Waals surface area contributed by atoms with E-state index in [0.29, 0.717) is 11.1 Å². The van der Waals surface area contributed by atoms with E-state index in [1.54, 1.807) is 24.3 Å². The Morgan fingerprint density at radius 1 is 1.21 bits per heavy atom. The summed E-state index contributed by atoms with van der Waals surface area (Å²) < 4.78 is 1.26. The van der Waals surface area contributed by atoms with E-state index in [2.05, 4.69) is 15.6 Å². The lowest BCUT2D eigenvalue weighted by Gasteiger charge is -2.16. The average Bonchev–Trinajstić information content (AvgIpc) is 3.64. The van der Waals surface area contributed by atoms with Crippen LogP contribution in [-0.2, 0) is 17.9 Å². The largest absolute Gasteiger partial charge is 0.478 e. The zero-order valence-corrected chi connectivity index (χ0v) is 18.1. The predicted molar refractivity (Wildman–Crippen MR) is 125 cm³/mol. The molecule has 0 atom stereocenters. The number of carbonyl (C=O) groups excluding carboxylic acids is 1. The van der Waals surface area contributed by atoms with Crippen LogP contribution in [0.2, 0.25) is 0 Å². The second-order valence-electron chi connectivity index (χ2n) is 8.04. The molecule has 0 unspecified atom stereocenters. The molecule has 1 aromatic heterocycles. The maximum atomic E-state index is 13.2. The van der Waals surface area contributed by atoms with Gasteiger partial charge in [0.2, 0.25) is 5.91 Å². The number of carbonyl (C=O) groups is 2. The van der Waals surface area contributed by atoms with Crippen LogP contribution in [0.1, 0.15) is 34.3 Å². The normalized spacial score (nSPS) is 12.6. The molecule has 0 saturated heterocycles. The third-order valence-electron chi connectivity index (χ3n) is 5.35. The Morgan fingerprint density at radius 3 is 2.59 bits per heavy atom. The number of aromatic carboxylic acids is 1. The van der Waals surface area contributed by atoms with Gasteiger partial charge in [-0.3, -0.25) is 14.2 Å². The van der Waals surface area contributed by atoms with Crippen molar-refractivity contribution in [1.29, 1.82) is 5.26 Å². The van der Waals surface area contributed by atoms with Crippen molar-refractivity contribution >= 4 is 23.4 Å². The summed E-state index contributed by atoms with van der Waals surface area (Å²) in [5, 5.41) is 24.1. The van der Waals surface area contributed by atoms with Gasteiger partial charge in [0.1, 0.15) is 6.54 Å². The van der Waals surface area contributed by atoms with E-state index in [1.165, 1.54) is 29.0 Å². The maximum Gasteiger partial charge on any atom is 0.335 e. The van der Waals surface area contributed by atoms with Gasteiger partial charge in [0.05, 0.1) is 29.1 Å². The number of anilines is 2. The van der Waals surface area contributed by atoms with Gasteiger partial charge in [-0.2, -0.15) is 5.26 Å². The third kappa shape index (κ3) is 5.21. The lowest BCUT2D eigenvalue weighted by atomic mass is 10.1. The first-order valence-electron chi connectivity index (χ1n) is 10.6. The number of nitrogens with two attached hydrogens (primary N) is 1. The fraction of sp³-hybridized carbons (Fsp3) is 0.208. The number of aromatic nitrogens is 2. The Balaban J connectivity index is 1.63. The van der Waals surface area contributed by atoms with Crippen LogP contribution >= 0.6 is 0 Å². The minimum atomic E-state index is -1.16. The molecule has 1 amide bonds. The first kappa shape index (κ1) is 22.5. The summed E-state index contributed by atoms with van der Waals surface area (Å²) in [5.74, 6) is -1.45. The van der Waals surface area contributed by atoms with E-state index in [0.717, 1.165) is 18.4 Å². The van der Waals surface area contributed by atoms with Crippen LogP contribution in [0, 0.1) is 11.3 Å². The van der Waals surface area contributed by atoms with E-state index in [-0.39, 0.29) is 41.9 Å². The van der Waals surface area contributed by atoms with Gasteiger partial charge in [0, 0.05) is 23.8 Å². The van der Waals surface area contributed by atoms with Gasteiger partial charge in [-0.25, -0.2) is 9.78 Å². The van der Waals surface area contributed by atoms with E-state index in [1.807, 2.05) is 6.07 Å². The van der Waals surface area contributed by atoms with E-state index in [9.17, 15) is 19.5 Å². The van der Waals surface area contributed by atoms with Crippen molar-refractivity contribution in [3.8, 4) is 17.3 Å². The molecule has 1 aliphatic carbocycles. The van der Waals surface area contributed by atoms with Crippen LogP contribution < -0.4 is 21.9 Å². The number of carboxylic acid groups (broad SMARTS) is 1. The highest BCUT2D eigenvalue weighted by atomic mass is 16.4. The number of carboxylic acids is 1. The van der Waals surface area contributed by atoms with Crippen molar-refractivity contribution < 1.29 is 14.7 Å². The smallest absolute Gasteiger partial charge is 0.335 e. The van der Waals surface area contributed by atoms with E-state index >= 15 is 0 Å². The van der Waals surface area contributed by atoms with Crippen LogP contribution in [0.25, 0.3) is 11.3 Å². The standard InChI is InChI=1S/C24H22N6O4/c25-10-14-1-3-15(4-2-14)11-27-21(31)13-30-20(12-28-22(23(30)32)29-19-5-6-19)16-7-17(24(33)34)9-18(26)8-16/h1-4,7-9,12,19H,5-6,11,13,26H2,(H,27,31)(H,28,29)(H,33,34). The van der Waals surface area contributed by atoms with Gasteiger partial charge in [-0.05, 0) is 48.7 Å². The Kier molecular flexibility index (Phi) is 6.27. The van der Waals surface area contributed by atoms with Crippen LogP contribution in [0.4, 0.5) is 11.5 Å². The molecule has 0 radical (unpaired) electrons. The minimum absolute atomic E-state index is 0.0422. The number of nitrogens with zero attached hydrogens (tertiary/aromatic N) is 3. The van der Waals surface area contributed by atoms with Gasteiger partial charge in [-0.15, -0.1) is 0 Å². The summed E-state index contributed by atoms with van der Waals surface area (Å²) in [6, 6.07) is 13.2. The van der Waals surface area contributed by atoms with Gasteiger partial charge in [0.25, 0.3) is 5.56 Å². The molecule has 0 aliphatic heterocycles. The first-order chi connectivity index (χ1) is 16.3. The SMILES string of the molecule is N#Cc1ccc(CNC(=O)Cn2c(-c3cc(N)cc(C(=O)O)c3)cnc(NC3CC3)c2=O)cc1. The Bertz CT molecular complexity index is 1350. The summed E-state index contributed by atoms with van der Waals surface area (Å²) in [6.45, 7) is -0.0855. The average molecular weight is 458 g/mol. The molecular weight excluding hydrogens is 436 g/mol. The highest BCUT2D eigenvalue weighted by Gasteiger charge is 2.24. The molecule has 1 aliphatic rings. The number of hydrogen-bond donors (Lipinski definition) is 4. The van der Waals surface area contributed by atoms with Crippen molar-refractivity contribution in [2.75, 3.05) is 11.1 Å². The molecule has 10 heteroatoms. The number of nitrogens with one attached hydrogen (secondary N) is 2. The topological polar surface area (TPSA) is 163 Å². The molecule has 1 heterocycles. The number of benzene rings is 2. The second kappa shape index (κ2) is 9.46. The molecule has 1 fully saturated rings. The molecule has 3 aromatic rings. The summed E-state index contributed by atoms with van der Waals surface area (Å²) in [4.78, 5) is 41.6. The lowest BCUT2D eigenvalue weighted by Crippen LogP contribution is -2.34. The fourth-order valence-electron chi connectivity index (χ4n) is 3.42. The monoisotopic (exact) mass is 458 g/mol. The molecule has 5 N–H and O–H groups in total. The van der Waals surface area contributed by atoms with Crippen LogP contribution in [-0.4, -0.2) is 32.6 Å². The first-order valence-corrected chi connectivity index (χ1v) is 10.6. The number of amides is 1. The van der Waals surface area contributed by atoms with Crippen LogP contribution in [0.5, 0.6) is 0 Å². The summed E-state index contributed by atoms with van der Waals surface area (Å²) in [6.07, 6.45) is 3.30. The Hall–Kier alpha value is -4.65. The number of nitrogen functional groups attached to an aromatic ring is 1. The van der Waals surface area contributed by atoms with E-state index < -0.39 is 17.4 Å². The highest BCUT2D eigenvalue weighted by molar-refractivity contribution is 5.91. The zero-order chi connectivity index (χ0) is 24.2. The fourth-order valence-corrected chi connectivity index (χ4v) is 3.42. The molecule has 0 spiro atoms. The van der Waals surface area contributed by atoms with Gasteiger partial charge in [-0.1, -0.05) is 12.1 Å². The second-order valence-corrected chi connectivity index (χ2v) is 8.04. The molecular formula is C24H22N6O4. The maximum absolute atomic E-state index is 13.2. The molecule has 10 nitrogen and oxygen atoms in total. The van der Waals surface area contributed by atoms with Crippen molar-refractivity contribution in [1.82, 2.24) is 14.9 Å². The van der Waals surface area contributed by atoms with Crippen molar-refractivity contribution in [3.63, 3.8) is 0 Å². The predicted octanol–water partition coefficient (Wildman–Crippen LogP) is 1.95. The molecule has 1 saturated carbocycles. The molecule has 0 bridgehead atoms. The van der Waals surface area contributed by atoms with Crippen LogP contribution in [0.3, 0.4) is 0 Å². The van der Waals surface area contributed by atoms with Crippen LogP contribution in [0.15, 0.2) is 53.5 Å². The summed E-state index contributed by atoms with van der Waals surface area (Å²) in [5.41, 5.74) is 7.50. The molecule has 172 valence electrons. The van der Waals surface area contributed by atoms with E-state index in [4.69, 9.17) is 11.0 Å². The van der Waals surface area contributed by atoms with Gasteiger partial charge < -0.3 is 21.5 Å². The van der Waals surface area contributed by atoms with Crippen molar-refractivity contribution in [2.45, 2.75) is 32.0 Å². The molecule has 2 aromatic carbocycles. The zero-order valence-electron chi connectivity index (χ0n) is 18.1. The number of nitriles is 1. The molecule has 4 rings (SSSR count). The minimum Gasteiger partial charge on any atom is -0.478 e. The van der Waals surface area contributed by atoms with Gasteiger partial charge >= 0.3 is 5.97 Å². The quantitative estimate of drug-likeness (QED) is 0.372. The lowest BCUT2D eigenvalue weighted by molar-refractivity contribution is -0.121. The van der Waals surface area contributed by atoms with Crippen molar-refractivity contribution in [2.24, 2.45) is 0 Å².